The lowest BCUT2D eigenvalue weighted by Gasteiger charge is -2.24. The predicted octanol–water partition coefficient (Wildman–Crippen LogP) is 0.199. The Labute approximate surface area is 73.7 Å². The maximum Gasteiger partial charge on any atom is 0.186 e. The van der Waals surface area contributed by atoms with Crippen molar-refractivity contribution in [3.8, 4) is 0 Å². The van der Waals surface area contributed by atoms with Crippen LogP contribution in [-0.2, 0) is 0 Å². The molecule has 2 unspecified atom stereocenters. The molecule has 0 amide bonds. The average molecular weight is 173 g/mol. The summed E-state index contributed by atoms with van der Waals surface area (Å²) in [6, 6.07) is 0. The van der Waals surface area contributed by atoms with Crippen LogP contribution in [0.5, 0.6) is 0 Å². The summed E-state index contributed by atoms with van der Waals surface area (Å²) in [5, 5.41) is 9.18. The molecule has 0 aliphatic carbocycles. The van der Waals surface area contributed by atoms with E-state index >= 15 is 0 Å². The smallest absolute Gasteiger partial charge is 0.186 e. The summed E-state index contributed by atoms with van der Waals surface area (Å²) >= 11 is 0. The number of rotatable bonds is 4. The molecule has 0 aliphatic rings. The number of hydrogen-bond donors (Lipinski definition) is 3. The highest BCUT2D eigenvalue weighted by molar-refractivity contribution is 5.76. The molecule has 0 saturated carbocycles. The molecule has 5 N–H and O–H groups in total. The number of aliphatic hydroxyl groups is 1. The molecule has 2 atom stereocenters. The molecule has 0 aromatic carbocycles. The van der Waals surface area contributed by atoms with Crippen LogP contribution < -0.4 is 11.5 Å². The molecular formula is C8H19N3O. The van der Waals surface area contributed by atoms with Crippen LogP contribution in [0.15, 0.2) is 4.99 Å². The first-order chi connectivity index (χ1) is 5.39. The van der Waals surface area contributed by atoms with E-state index in [-0.39, 0.29) is 17.6 Å². The van der Waals surface area contributed by atoms with Gasteiger partial charge < -0.3 is 16.6 Å². The van der Waals surface area contributed by atoms with Gasteiger partial charge in [0.05, 0.1) is 11.6 Å². The zero-order chi connectivity index (χ0) is 9.78. The van der Waals surface area contributed by atoms with Gasteiger partial charge in [0.2, 0.25) is 0 Å². The first-order valence-corrected chi connectivity index (χ1v) is 4.18. The van der Waals surface area contributed by atoms with Crippen LogP contribution in [0.3, 0.4) is 0 Å². The van der Waals surface area contributed by atoms with Crippen molar-refractivity contribution in [2.24, 2.45) is 16.5 Å². The summed E-state index contributed by atoms with van der Waals surface area (Å²) < 4.78 is 0. The molecule has 0 heterocycles. The van der Waals surface area contributed by atoms with Gasteiger partial charge in [0.1, 0.15) is 0 Å². The molecule has 0 fully saturated rings. The second-order valence-corrected chi connectivity index (χ2v) is 3.44. The number of guanidine groups is 1. The minimum Gasteiger partial charge on any atom is -0.393 e. The Balaban J connectivity index is 4.35. The topological polar surface area (TPSA) is 84.6 Å². The molecule has 0 spiro atoms. The molecule has 0 aliphatic heterocycles. The van der Waals surface area contributed by atoms with Gasteiger partial charge in [-0.3, -0.25) is 0 Å². The summed E-state index contributed by atoms with van der Waals surface area (Å²) in [6.45, 7) is 5.66. The van der Waals surface area contributed by atoms with Crippen LogP contribution in [-0.4, -0.2) is 22.7 Å². The Morgan fingerprint density at radius 3 is 2.33 bits per heavy atom. The zero-order valence-electron chi connectivity index (χ0n) is 8.04. The third kappa shape index (κ3) is 4.18. The molecule has 72 valence electrons. The van der Waals surface area contributed by atoms with Crippen molar-refractivity contribution < 1.29 is 5.11 Å². The Kier molecular flexibility index (Phi) is 4.03. The summed E-state index contributed by atoms with van der Waals surface area (Å²) in [5.74, 6) is 0.0833. The first-order valence-electron chi connectivity index (χ1n) is 4.18. The van der Waals surface area contributed by atoms with E-state index in [1.807, 2.05) is 13.8 Å². The Bertz CT molecular complexity index is 164. The van der Waals surface area contributed by atoms with Gasteiger partial charge in [-0.05, 0) is 26.7 Å². The van der Waals surface area contributed by atoms with E-state index in [2.05, 4.69) is 4.99 Å². The molecule has 0 aromatic rings. The van der Waals surface area contributed by atoms with E-state index in [4.69, 9.17) is 11.5 Å². The third-order valence-electron chi connectivity index (χ3n) is 1.90. The fourth-order valence-electron chi connectivity index (χ4n) is 1.22. The minimum atomic E-state index is -0.377. The number of nitrogens with two attached hydrogens (primary N) is 2. The van der Waals surface area contributed by atoms with Crippen molar-refractivity contribution in [2.45, 2.75) is 45.3 Å². The summed E-state index contributed by atoms with van der Waals surface area (Å²) in [4.78, 5) is 4.08. The molecule has 0 aromatic heterocycles. The number of aliphatic hydroxyl groups excluding tert-OH is 1. The highest BCUT2D eigenvalue weighted by atomic mass is 16.3. The molecule has 0 bridgehead atoms. The van der Waals surface area contributed by atoms with Gasteiger partial charge in [-0.2, -0.15) is 0 Å². The quantitative estimate of drug-likeness (QED) is 0.419. The van der Waals surface area contributed by atoms with Gasteiger partial charge >= 0.3 is 0 Å². The van der Waals surface area contributed by atoms with E-state index in [0.29, 0.717) is 6.42 Å². The van der Waals surface area contributed by atoms with Crippen LogP contribution in [0.25, 0.3) is 0 Å². The molecular weight excluding hydrogens is 154 g/mol. The van der Waals surface area contributed by atoms with Gasteiger partial charge in [0, 0.05) is 0 Å². The largest absolute Gasteiger partial charge is 0.393 e. The van der Waals surface area contributed by atoms with Gasteiger partial charge in [0.25, 0.3) is 0 Å². The predicted molar refractivity (Wildman–Crippen MR) is 50.8 cm³/mol. The van der Waals surface area contributed by atoms with Gasteiger partial charge in [-0.15, -0.1) is 0 Å². The lowest BCUT2D eigenvalue weighted by molar-refractivity contribution is 0.152. The van der Waals surface area contributed by atoms with Gasteiger partial charge in [-0.1, -0.05) is 6.92 Å². The molecule has 0 saturated heterocycles. The van der Waals surface area contributed by atoms with Crippen LogP contribution in [0.4, 0.5) is 0 Å². The van der Waals surface area contributed by atoms with Crippen molar-refractivity contribution in [2.75, 3.05) is 0 Å². The van der Waals surface area contributed by atoms with Crippen LogP contribution in [0.1, 0.15) is 33.6 Å². The molecule has 12 heavy (non-hydrogen) atoms. The zero-order valence-corrected chi connectivity index (χ0v) is 8.04. The van der Waals surface area contributed by atoms with E-state index in [9.17, 15) is 5.11 Å². The van der Waals surface area contributed by atoms with E-state index in [1.54, 1.807) is 6.92 Å². The average Bonchev–Trinajstić information content (AvgIpc) is 1.83. The Morgan fingerprint density at radius 2 is 2.08 bits per heavy atom. The number of nitrogens with zero attached hydrogens (tertiary/aromatic N) is 1. The van der Waals surface area contributed by atoms with E-state index in [1.165, 1.54) is 0 Å². The molecule has 0 radical (unpaired) electrons. The summed E-state index contributed by atoms with van der Waals surface area (Å²) in [5.41, 5.74) is 10.2. The second kappa shape index (κ2) is 4.30. The van der Waals surface area contributed by atoms with Crippen molar-refractivity contribution >= 4 is 5.96 Å². The van der Waals surface area contributed by atoms with Crippen molar-refractivity contribution in [1.29, 1.82) is 0 Å². The molecule has 4 nitrogen and oxygen atoms in total. The highest BCUT2D eigenvalue weighted by Gasteiger charge is 2.22. The maximum atomic E-state index is 9.18. The lowest BCUT2D eigenvalue weighted by atomic mass is 9.93. The second-order valence-electron chi connectivity index (χ2n) is 3.44. The first kappa shape index (κ1) is 11.2. The third-order valence-corrected chi connectivity index (χ3v) is 1.90. The van der Waals surface area contributed by atoms with E-state index in [0.717, 1.165) is 6.42 Å². The fourth-order valence-corrected chi connectivity index (χ4v) is 1.22. The van der Waals surface area contributed by atoms with Crippen molar-refractivity contribution in [1.82, 2.24) is 0 Å². The van der Waals surface area contributed by atoms with Crippen LogP contribution in [0, 0.1) is 0 Å². The highest BCUT2D eigenvalue weighted by Crippen LogP contribution is 2.21. The lowest BCUT2D eigenvalue weighted by Crippen LogP contribution is -2.33. The van der Waals surface area contributed by atoms with Crippen molar-refractivity contribution in [3.05, 3.63) is 0 Å². The van der Waals surface area contributed by atoms with Crippen LogP contribution in [0.2, 0.25) is 0 Å². The fraction of sp³-hybridized carbons (Fsp3) is 0.875. The SMILES string of the molecule is CCC(C)(CC(C)O)N=C(N)N. The number of hydrogen-bond acceptors (Lipinski definition) is 2. The van der Waals surface area contributed by atoms with Crippen LogP contribution >= 0.6 is 0 Å². The van der Waals surface area contributed by atoms with E-state index < -0.39 is 0 Å². The van der Waals surface area contributed by atoms with Gasteiger partial charge in [-0.25, -0.2) is 4.99 Å². The van der Waals surface area contributed by atoms with Gasteiger partial charge in [0.15, 0.2) is 5.96 Å². The number of aliphatic imine (C=N–C) groups is 1. The Morgan fingerprint density at radius 1 is 1.58 bits per heavy atom. The molecule has 4 heteroatoms. The Hall–Kier alpha value is -0.770. The summed E-state index contributed by atoms with van der Waals surface area (Å²) in [6.07, 6.45) is 1.02. The molecule has 0 rings (SSSR count). The normalized spacial score (nSPS) is 18.0. The standard InChI is InChI=1S/C8H19N3O/c1-4-8(3,5-6(2)12)11-7(9)10/h6,12H,4-5H2,1-3H3,(H4,9,10,11). The maximum absolute atomic E-state index is 9.18. The van der Waals surface area contributed by atoms with Crippen molar-refractivity contribution in [3.63, 3.8) is 0 Å². The summed E-state index contributed by atoms with van der Waals surface area (Å²) in [7, 11) is 0. The minimum absolute atomic E-state index is 0.0833. The monoisotopic (exact) mass is 173 g/mol.